The van der Waals surface area contributed by atoms with Crippen LogP contribution in [0.1, 0.15) is 22.8 Å². The number of carbonyl (C=O) groups excluding carboxylic acids is 1. The fourth-order valence-electron chi connectivity index (χ4n) is 4.10. The first kappa shape index (κ1) is 26.0. The molecule has 0 radical (unpaired) electrons. The molecule has 1 unspecified atom stereocenters. The molecule has 0 spiro atoms. The van der Waals surface area contributed by atoms with Gasteiger partial charge < -0.3 is 9.84 Å². The highest BCUT2D eigenvalue weighted by atomic mass is 16.5. The molecular formula is C28H30N6O3. The van der Waals surface area contributed by atoms with Crippen LogP contribution in [-0.4, -0.2) is 60.5 Å². The number of hydrogen-bond donors (Lipinski definition) is 1. The van der Waals surface area contributed by atoms with E-state index in [9.17, 15) is 9.90 Å². The Morgan fingerprint density at radius 2 is 1.16 bits per heavy atom. The molecule has 4 aromatic heterocycles. The van der Waals surface area contributed by atoms with Crippen LogP contribution < -0.4 is 4.74 Å². The molecule has 9 heteroatoms. The maximum atomic E-state index is 11.2. The first-order valence-electron chi connectivity index (χ1n) is 12.1. The predicted octanol–water partition coefficient (Wildman–Crippen LogP) is 2.87. The Hall–Kier alpha value is -4.05. The molecule has 190 valence electrons. The van der Waals surface area contributed by atoms with E-state index in [0.717, 1.165) is 17.1 Å². The second-order valence-corrected chi connectivity index (χ2v) is 8.62. The highest BCUT2D eigenvalue weighted by Gasteiger charge is 2.20. The number of hydrogen-bond acceptors (Lipinski definition) is 9. The standard InChI is InChI=1S/C28H30N6O3/c35-22-37-28-11-7-15-32-27(28)21-34(18-25-10-3-6-14-31-25)20-26(36)19-33(16-23-8-1-4-12-29-23)17-24-9-2-5-13-30-24/h1-15,22,26,36H,16-21H2. The van der Waals surface area contributed by atoms with Crippen molar-refractivity contribution in [3.8, 4) is 5.75 Å². The van der Waals surface area contributed by atoms with Crippen molar-refractivity contribution < 1.29 is 14.6 Å². The third-order valence-corrected chi connectivity index (χ3v) is 5.67. The summed E-state index contributed by atoms with van der Waals surface area (Å²) in [5.74, 6) is 0.393. The molecular weight excluding hydrogens is 468 g/mol. The first-order chi connectivity index (χ1) is 18.2. The molecule has 9 nitrogen and oxygen atoms in total. The van der Waals surface area contributed by atoms with Crippen LogP contribution in [0.15, 0.2) is 91.5 Å². The van der Waals surface area contributed by atoms with E-state index in [-0.39, 0.29) is 0 Å². The van der Waals surface area contributed by atoms with Crippen molar-refractivity contribution in [2.24, 2.45) is 0 Å². The van der Waals surface area contributed by atoms with E-state index in [1.807, 2.05) is 59.5 Å². The molecule has 1 atom stereocenters. The van der Waals surface area contributed by atoms with Gasteiger partial charge in [-0.1, -0.05) is 18.2 Å². The maximum Gasteiger partial charge on any atom is 0.298 e. The van der Waals surface area contributed by atoms with E-state index in [0.29, 0.717) is 57.2 Å². The van der Waals surface area contributed by atoms with E-state index < -0.39 is 6.10 Å². The van der Waals surface area contributed by atoms with Crippen molar-refractivity contribution in [3.63, 3.8) is 0 Å². The van der Waals surface area contributed by atoms with Gasteiger partial charge in [0.15, 0.2) is 5.75 Å². The Morgan fingerprint density at radius 3 is 1.62 bits per heavy atom. The van der Waals surface area contributed by atoms with Crippen molar-refractivity contribution in [1.82, 2.24) is 29.7 Å². The summed E-state index contributed by atoms with van der Waals surface area (Å²) in [4.78, 5) is 32.9. The van der Waals surface area contributed by atoms with E-state index in [4.69, 9.17) is 4.74 Å². The summed E-state index contributed by atoms with van der Waals surface area (Å²) >= 11 is 0. The molecule has 0 amide bonds. The molecule has 4 aromatic rings. The molecule has 37 heavy (non-hydrogen) atoms. The average molecular weight is 499 g/mol. The zero-order valence-electron chi connectivity index (χ0n) is 20.5. The van der Waals surface area contributed by atoms with E-state index in [1.54, 1.807) is 36.9 Å². The topological polar surface area (TPSA) is 105 Å². The number of aliphatic hydroxyl groups excluding tert-OH is 1. The van der Waals surface area contributed by atoms with Crippen LogP contribution in [0.4, 0.5) is 0 Å². The maximum absolute atomic E-state index is 11.2. The zero-order chi connectivity index (χ0) is 25.7. The minimum Gasteiger partial charge on any atom is -0.427 e. The van der Waals surface area contributed by atoms with Gasteiger partial charge in [0, 0.05) is 64.1 Å². The highest BCUT2D eigenvalue weighted by molar-refractivity contribution is 5.46. The Balaban J connectivity index is 1.49. The summed E-state index contributed by atoms with van der Waals surface area (Å²) in [5.41, 5.74) is 3.30. The number of aromatic nitrogens is 4. The summed E-state index contributed by atoms with van der Waals surface area (Å²) in [6.45, 7) is 3.18. The largest absolute Gasteiger partial charge is 0.427 e. The minimum atomic E-state index is -0.685. The molecule has 4 rings (SSSR count). The van der Waals surface area contributed by atoms with Gasteiger partial charge in [-0.2, -0.15) is 0 Å². The number of pyridine rings is 4. The molecule has 0 aliphatic heterocycles. The Labute approximate surface area is 216 Å². The minimum absolute atomic E-state index is 0.356. The number of aliphatic hydroxyl groups is 1. The SMILES string of the molecule is O=COc1cccnc1CN(Cc1ccccn1)CC(O)CN(Cc1ccccn1)Cc1ccccn1. The molecule has 0 saturated heterocycles. The monoisotopic (exact) mass is 498 g/mol. The van der Waals surface area contributed by atoms with Crippen LogP contribution >= 0.6 is 0 Å². The van der Waals surface area contributed by atoms with E-state index in [1.165, 1.54) is 0 Å². The van der Waals surface area contributed by atoms with Crippen LogP contribution in [0.3, 0.4) is 0 Å². The van der Waals surface area contributed by atoms with Gasteiger partial charge in [-0.05, 0) is 48.5 Å². The Bertz CT molecular complexity index is 1170. The van der Waals surface area contributed by atoms with Gasteiger partial charge in [-0.3, -0.25) is 34.5 Å². The van der Waals surface area contributed by atoms with Gasteiger partial charge in [0.25, 0.3) is 6.47 Å². The first-order valence-corrected chi connectivity index (χ1v) is 12.1. The molecule has 0 aliphatic carbocycles. The van der Waals surface area contributed by atoms with E-state index in [2.05, 4.69) is 24.8 Å². The van der Waals surface area contributed by atoms with Gasteiger partial charge in [-0.15, -0.1) is 0 Å². The molecule has 4 heterocycles. The van der Waals surface area contributed by atoms with Crippen molar-refractivity contribution in [2.75, 3.05) is 13.1 Å². The Morgan fingerprint density at radius 1 is 0.676 bits per heavy atom. The lowest BCUT2D eigenvalue weighted by atomic mass is 10.2. The third-order valence-electron chi connectivity index (χ3n) is 5.67. The predicted molar refractivity (Wildman–Crippen MR) is 138 cm³/mol. The van der Waals surface area contributed by atoms with Crippen LogP contribution in [-0.2, 0) is 31.0 Å². The molecule has 1 N–H and O–H groups in total. The van der Waals surface area contributed by atoms with Gasteiger partial charge in [-0.25, -0.2) is 0 Å². The Kier molecular flexibility index (Phi) is 9.77. The second kappa shape index (κ2) is 13.9. The number of rotatable bonds is 14. The van der Waals surface area contributed by atoms with Crippen LogP contribution in [0.2, 0.25) is 0 Å². The number of nitrogens with zero attached hydrogens (tertiary/aromatic N) is 6. The van der Waals surface area contributed by atoms with Crippen LogP contribution in [0.25, 0.3) is 0 Å². The zero-order valence-corrected chi connectivity index (χ0v) is 20.5. The average Bonchev–Trinajstić information content (AvgIpc) is 2.91. The van der Waals surface area contributed by atoms with Crippen molar-refractivity contribution in [1.29, 1.82) is 0 Å². The lowest BCUT2D eigenvalue weighted by molar-refractivity contribution is -0.120. The smallest absolute Gasteiger partial charge is 0.298 e. The summed E-state index contributed by atoms with van der Waals surface area (Å²) in [5, 5.41) is 11.2. The quantitative estimate of drug-likeness (QED) is 0.263. The summed E-state index contributed by atoms with van der Waals surface area (Å²) in [6.07, 6.45) is 6.25. The van der Waals surface area contributed by atoms with Crippen LogP contribution in [0.5, 0.6) is 5.75 Å². The van der Waals surface area contributed by atoms with Crippen LogP contribution in [0, 0.1) is 0 Å². The lowest BCUT2D eigenvalue weighted by Gasteiger charge is -2.29. The van der Waals surface area contributed by atoms with Gasteiger partial charge in [0.05, 0.1) is 28.9 Å². The molecule has 0 fully saturated rings. The molecule has 0 saturated carbocycles. The summed E-state index contributed by atoms with van der Waals surface area (Å²) in [6, 6.07) is 20.8. The fraction of sp³-hybridized carbons (Fsp3) is 0.250. The fourth-order valence-corrected chi connectivity index (χ4v) is 4.10. The molecule has 0 bridgehead atoms. The van der Waals surface area contributed by atoms with Gasteiger partial charge in [0.1, 0.15) is 0 Å². The highest BCUT2D eigenvalue weighted by Crippen LogP contribution is 2.18. The van der Waals surface area contributed by atoms with Gasteiger partial charge in [0.2, 0.25) is 0 Å². The molecule has 0 aromatic carbocycles. The van der Waals surface area contributed by atoms with Gasteiger partial charge >= 0.3 is 0 Å². The summed E-state index contributed by atoms with van der Waals surface area (Å²) < 4.78 is 5.12. The third kappa shape index (κ3) is 8.53. The number of carbonyl (C=O) groups is 1. The number of ether oxygens (including phenoxy) is 1. The van der Waals surface area contributed by atoms with Crippen molar-refractivity contribution in [2.45, 2.75) is 32.3 Å². The molecule has 0 aliphatic rings. The second-order valence-electron chi connectivity index (χ2n) is 8.62. The van der Waals surface area contributed by atoms with E-state index >= 15 is 0 Å². The normalized spacial score (nSPS) is 12.0. The van der Waals surface area contributed by atoms with Crippen molar-refractivity contribution >= 4 is 6.47 Å². The lowest BCUT2D eigenvalue weighted by Crippen LogP contribution is -2.40. The van der Waals surface area contributed by atoms with Crippen molar-refractivity contribution in [3.05, 3.63) is 114 Å². The summed E-state index contributed by atoms with van der Waals surface area (Å²) in [7, 11) is 0.